The summed E-state index contributed by atoms with van der Waals surface area (Å²) >= 11 is 0. The fraction of sp³-hybridized carbons (Fsp3) is 0.542. The number of ether oxygens (including phenoxy) is 3. The molecule has 6 nitrogen and oxygen atoms in total. The molecule has 5 rings (SSSR count). The van der Waals surface area contributed by atoms with Gasteiger partial charge in [-0.2, -0.15) is 0 Å². The first kappa shape index (κ1) is 19.3. The molecular formula is C24H26O6. The topological polar surface area (TPSA) is 78.9 Å². The van der Waals surface area contributed by atoms with E-state index in [0.717, 1.165) is 0 Å². The SMILES string of the molecule is CC1(C)CC(=O)C2(OC3=C(C(=O)CC(C)(C)C3)C2c2ccc3c(c2)OCO3)C(=O)C1. The van der Waals surface area contributed by atoms with Crippen molar-refractivity contribution in [3.63, 3.8) is 0 Å². The van der Waals surface area contributed by atoms with Crippen LogP contribution in [0.4, 0.5) is 0 Å². The van der Waals surface area contributed by atoms with Crippen molar-refractivity contribution >= 4 is 17.3 Å². The minimum absolute atomic E-state index is 0.0498. The van der Waals surface area contributed by atoms with Gasteiger partial charge in [-0.25, -0.2) is 0 Å². The minimum Gasteiger partial charge on any atom is -0.474 e. The number of Topliss-reactive ketones (excluding diaryl/α,β-unsaturated/α-hetero) is 3. The predicted molar refractivity (Wildman–Crippen MR) is 107 cm³/mol. The highest BCUT2D eigenvalue weighted by Crippen LogP contribution is 2.57. The van der Waals surface area contributed by atoms with Crippen molar-refractivity contribution in [3.8, 4) is 11.5 Å². The van der Waals surface area contributed by atoms with Gasteiger partial charge in [-0.05, 0) is 28.5 Å². The average Bonchev–Trinajstić information content (AvgIpc) is 3.20. The standard InChI is InChI=1S/C24H26O6/c1-22(2)8-14(25)20-17(9-22)30-24(18(26)10-23(3,4)11-19(24)27)21(20)13-5-6-15-16(7-13)29-12-28-15/h5-7,21H,8-12H2,1-4H3. The van der Waals surface area contributed by atoms with Crippen molar-refractivity contribution in [2.75, 3.05) is 6.79 Å². The number of benzene rings is 1. The molecule has 4 aliphatic rings. The van der Waals surface area contributed by atoms with Crippen LogP contribution in [0.15, 0.2) is 29.5 Å². The van der Waals surface area contributed by atoms with E-state index in [-0.39, 0.29) is 42.4 Å². The summed E-state index contributed by atoms with van der Waals surface area (Å²) < 4.78 is 17.2. The maximum Gasteiger partial charge on any atom is 0.234 e. The molecule has 1 saturated carbocycles. The number of carbonyl (C=O) groups excluding carboxylic acids is 3. The molecule has 2 aliphatic carbocycles. The molecule has 0 N–H and O–H groups in total. The van der Waals surface area contributed by atoms with E-state index in [2.05, 4.69) is 0 Å². The lowest BCUT2D eigenvalue weighted by molar-refractivity contribution is -0.160. The Bertz CT molecular complexity index is 1010. The Balaban J connectivity index is 1.69. The fourth-order valence-corrected chi connectivity index (χ4v) is 5.43. The van der Waals surface area contributed by atoms with Gasteiger partial charge >= 0.3 is 0 Å². The fourth-order valence-electron chi connectivity index (χ4n) is 5.43. The van der Waals surface area contributed by atoms with Gasteiger partial charge in [-0.15, -0.1) is 0 Å². The number of allylic oxidation sites excluding steroid dienone is 1. The summed E-state index contributed by atoms with van der Waals surface area (Å²) in [6, 6.07) is 5.36. The number of carbonyl (C=O) groups is 3. The zero-order chi connectivity index (χ0) is 21.5. The Morgan fingerprint density at radius 2 is 1.47 bits per heavy atom. The molecule has 0 radical (unpaired) electrons. The third-order valence-corrected chi connectivity index (χ3v) is 6.70. The van der Waals surface area contributed by atoms with Crippen LogP contribution in [0, 0.1) is 10.8 Å². The summed E-state index contributed by atoms with van der Waals surface area (Å²) in [7, 11) is 0. The molecule has 2 aliphatic heterocycles. The molecule has 0 saturated heterocycles. The van der Waals surface area contributed by atoms with Gasteiger partial charge in [0.2, 0.25) is 12.4 Å². The molecule has 1 aromatic rings. The second kappa shape index (κ2) is 5.96. The van der Waals surface area contributed by atoms with E-state index in [4.69, 9.17) is 14.2 Å². The molecule has 1 aromatic carbocycles. The van der Waals surface area contributed by atoms with Crippen LogP contribution in [0.5, 0.6) is 11.5 Å². The lowest BCUT2D eigenvalue weighted by atomic mass is 9.61. The maximum absolute atomic E-state index is 13.5. The van der Waals surface area contributed by atoms with Gasteiger partial charge in [0.1, 0.15) is 5.76 Å². The van der Waals surface area contributed by atoms with Crippen molar-refractivity contribution in [1.29, 1.82) is 0 Å². The van der Waals surface area contributed by atoms with E-state index in [1.54, 1.807) is 12.1 Å². The lowest BCUT2D eigenvalue weighted by Crippen LogP contribution is -2.57. The van der Waals surface area contributed by atoms with Gasteiger partial charge in [0.05, 0.1) is 5.92 Å². The zero-order valence-electron chi connectivity index (χ0n) is 17.8. The third-order valence-electron chi connectivity index (χ3n) is 6.70. The second-order valence-corrected chi connectivity index (χ2v) is 10.5. The number of rotatable bonds is 1. The van der Waals surface area contributed by atoms with E-state index < -0.39 is 16.9 Å². The van der Waals surface area contributed by atoms with Crippen molar-refractivity contribution in [3.05, 3.63) is 35.1 Å². The largest absolute Gasteiger partial charge is 0.474 e. The lowest BCUT2D eigenvalue weighted by Gasteiger charge is -2.41. The highest BCUT2D eigenvalue weighted by Gasteiger charge is 2.65. The molecule has 2 heterocycles. The average molecular weight is 410 g/mol. The predicted octanol–water partition coefficient (Wildman–Crippen LogP) is 3.87. The third kappa shape index (κ3) is 2.65. The van der Waals surface area contributed by atoms with Gasteiger partial charge in [0, 0.05) is 31.3 Å². The molecule has 0 aromatic heterocycles. The zero-order valence-corrected chi connectivity index (χ0v) is 17.8. The molecule has 1 fully saturated rings. The molecule has 1 atom stereocenters. The van der Waals surface area contributed by atoms with Gasteiger partial charge in [-0.3, -0.25) is 14.4 Å². The highest BCUT2D eigenvalue weighted by atomic mass is 16.7. The summed E-state index contributed by atoms with van der Waals surface area (Å²) in [5, 5.41) is 0. The molecule has 1 unspecified atom stereocenters. The highest BCUT2D eigenvalue weighted by molar-refractivity contribution is 6.17. The van der Waals surface area contributed by atoms with Crippen LogP contribution in [-0.2, 0) is 19.1 Å². The van der Waals surface area contributed by atoms with Crippen molar-refractivity contribution < 1.29 is 28.6 Å². The van der Waals surface area contributed by atoms with E-state index >= 15 is 0 Å². The monoisotopic (exact) mass is 410 g/mol. The Hall–Kier alpha value is -2.63. The Morgan fingerprint density at radius 1 is 0.833 bits per heavy atom. The van der Waals surface area contributed by atoms with Crippen LogP contribution in [0.2, 0.25) is 0 Å². The Morgan fingerprint density at radius 3 is 2.17 bits per heavy atom. The summed E-state index contributed by atoms with van der Waals surface area (Å²) in [6.07, 6.45) is 1.36. The summed E-state index contributed by atoms with van der Waals surface area (Å²) in [6.45, 7) is 7.97. The van der Waals surface area contributed by atoms with Gasteiger partial charge in [0.15, 0.2) is 28.8 Å². The first-order valence-electron chi connectivity index (χ1n) is 10.4. The molecular weight excluding hydrogens is 384 g/mol. The van der Waals surface area contributed by atoms with Crippen LogP contribution < -0.4 is 9.47 Å². The second-order valence-electron chi connectivity index (χ2n) is 10.5. The van der Waals surface area contributed by atoms with Crippen LogP contribution >= 0.6 is 0 Å². The van der Waals surface area contributed by atoms with Gasteiger partial charge < -0.3 is 14.2 Å². The van der Waals surface area contributed by atoms with Crippen LogP contribution in [0.1, 0.15) is 64.9 Å². The molecule has 158 valence electrons. The van der Waals surface area contributed by atoms with Gasteiger partial charge in [-0.1, -0.05) is 33.8 Å². The Labute approximate surface area is 175 Å². The number of fused-ring (bicyclic) bond motifs is 1. The quantitative estimate of drug-likeness (QED) is 0.654. The van der Waals surface area contributed by atoms with Crippen molar-refractivity contribution in [2.45, 2.75) is 64.9 Å². The first-order valence-corrected chi connectivity index (χ1v) is 10.4. The van der Waals surface area contributed by atoms with Crippen molar-refractivity contribution in [2.24, 2.45) is 10.8 Å². The molecule has 6 heteroatoms. The normalized spacial score (nSPS) is 28.0. The Kier molecular flexibility index (Phi) is 3.84. The van der Waals surface area contributed by atoms with Crippen LogP contribution in [0.3, 0.4) is 0 Å². The van der Waals surface area contributed by atoms with Crippen LogP contribution in [-0.4, -0.2) is 29.7 Å². The molecule has 0 bridgehead atoms. The molecule has 1 spiro atoms. The maximum atomic E-state index is 13.5. The minimum atomic E-state index is -1.66. The summed E-state index contributed by atoms with van der Waals surface area (Å²) in [5.41, 5.74) is -1.20. The number of hydrogen-bond donors (Lipinski definition) is 0. The smallest absolute Gasteiger partial charge is 0.234 e. The summed E-state index contributed by atoms with van der Waals surface area (Å²) in [4.78, 5) is 40.3. The van der Waals surface area contributed by atoms with E-state index in [9.17, 15) is 14.4 Å². The van der Waals surface area contributed by atoms with E-state index in [1.165, 1.54) is 0 Å². The number of hydrogen-bond acceptors (Lipinski definition) is 6. The van der Waals surface area contributed by atoms with Crippen LogP contribution in [0.25, 0.3) is 0 Å². The van der Waals surface area contributed by atoms with Gasteiger partial charge in [0.25, 0.3) is 0 Å². The van der Waals surface area contributed by atoms with E-state index in [1.807, 2.05) is 33.8 Å². The molecule has 30 heavy (non-hydrogen) atoms. The number of ketones is 3. The van der Waals surface area contributed by atoms with Crippen molar-refractivity contribution in [1.82, 2.24) is 0 Å². The summed E-state index contributed by atoms with van der Waals surface area (Å²) in [5.74, 6) is 0.377. The molecule has 0 amide bonds. The first-order chi connectivity index (χ1) is 14.0. The van der Waals surface area contributed by atoms with E-state index in [0.29, 0.717) is 41.2 Å².